The van der Waals surface area contributed by atoms with Crippen LogP contribution in [0.2, 0.25) is 0 Å². The van der Waals surface area contributed by atoms with Crippen molar-refractivity contribution in [3.8, 4) is 0 Å². The van der Waals surface area contributed by atoms with Gasteiger partial charge in [0, 0.05) is 0 Å². The van der Waals surface area contributed by atoms with Crippen LogP contribution in [0, 0.1) is 13.8 Å². The second-order valence-electron chi connectivity index (χ2n) is 5.12. The highest BCUT2D eigenvalue weighted by molar-refractivity contribution is 5.80. The molecule has 3 heteroatoms. The maximum atomic E-state index is 8.56. The van der Waals surface area contributed by atoms with Gasteiger partial charge in [0.2, 0.25) is 0 Å². The van der Waals surface area contributed by atoms with Gasteiger partial charge in [-0.1, -0.05) is 77.9 Å². The van der Waals surface area contributed by atoms with Gasteiger partial charge >= 0.3 is 6.16 Å². The maximum absolute atomic E-state index is 8.56. The molecule has 0 unspecified atom stereocenters. The van der Waals surface area contributed by atoms with Crippen molar-refractivity contribution >= 4 is 11.7 Å². The Kier molecular flexibility index (Phi) is 7.34. The van der Waals surface area contributed by atoms with E-state index in [9.17, 15) is 0 Å². The SMILES string of the molecule is C/C=C/C=C(c1ccc(C)cc1)c1ccc(C)cc1.O=C(O)O. The van der Waals surface area contributed by atoms with Crippen LogP contribution in [0.5, 0.6) is 0 Å². The summed E-state index contributed by atoms with van der Waals surface area (Å²) in [4.78, 5) is 8.56. The van der Waals surface area contributed by atoms with Gasteiger partial charge in [-0.3, -0.25) is 0 Å². The van der Waals surface area contributed by atoms with Crippen molar-refractivity contribution in [1.29, 1.82) is 0 Å². The zero-order chi connectivity index (χ0) is 17.2. The Balaban J connectivity index is 0.000000593. The first kappa shape index (κ1) is 18.2. The second kappa shape index (κ2) is 9.26. The van der Waals surface area contributed by atoms with Crippen molar-refractivity contribution in [2.75, 3.05) is 0 Å². The monoisotopic (exact) mass is 310 g/mol. The standard InChI is InChI=1S/C19H20.CH2O3/c1-4-5-6-19(17-11-7-15(2)8-12-17)18-13-9-16(3)10-14-18;2-1(3)4/h4-14H,1-3H3;(H2,2,3,4)/b5-4+;. The number of hydrogen-bond acceptors (Lipinski definition) is 1. The molecule has 2 aromatic rings. The van der Waals surface area contributed by atoms with E-state index >= 15 is 0 Å². The average Bonchev–Trinajstić information content (AvgIpc) is 2.50. The number of carbonyl (C=O) groups is 1. The number of allylic oxidation sites excluding steroid dienone is 3. The predicted molar refractivity (Wildman–Crippen MR) is 94.9 cm³/mol. The first-order chi connectivity index (χ1) is 10.9. The van der Waals surface area contributed by atoms with Crippen molar-refractivity contribution in [2.45, 2.75) is 20.8 Å². The molecular formula is C20H22O3. The highest BCUT2D eigenvalue weighted by Crippen LogP contribution is 2.24. The van der Waals surface area contributed by atoms with E-state index < -0.39 is 6.16 Å². The van der Waals surface area contributed by atoms with Crippen LogP contribution in [0.25, 0.3) is 5.57 Å². The average molecular weight is 310 g/mol. The molecule has 3 nitrogen and oxygen atoms in total. The summed E-state index contributed by atoms with van der Waals surface area (Å²) in [7, 11) is 0. The van der Waals surface area contributed by atoms with E-state index in [1.165, 1.54) is 27.8 Å². The molecule has 23 heavy (non-hydrogen) atoms. The van der Waals surface area contributed by atoms with Crippen LogP contribution in [0.1, 0.15) is 29.2 Å². The van der Waals surface area contributed by atoms with Gasteiger partial charge in [-0.15, -0.1) is 0 Å². The molecule has 2 N–H and O–H groups in total. The minimum atomic E-state index is -1.83. The minimum absolute atomic E-state index is 1.26. The molecule has 0 aliphatic rings. The van der Waals surface area contributed by atoms with Crippen molar-refractivity contribution in [1.82, 2.24) is 0 Å². The lowest BCUT2D eigenvalue weighted by Crippen LogP contribution is -1.88. The Morgan fingerprint density at radius 1 is 0.826 bits per heavy atom. The lowest BCUT2D eigenvalue weighted by Gasteiger charge is -2.09. The zero-order valence-electron chi connectivity index (χ0n) is 13.7. The van der Waals surface area contributed by atoms with E-state index in [0.717, 1.165) is 0 Å². The molecule has 0 heterocycles. The first-order valence-electron chi connectivity index (χ1n) is 7.33. The second-order valence-corrected chi connectivity index (χ2v) is 5.12. The summed E-state index contributed by atoms with van der Waals surface area (Å²) in [5, 5.41) is 13.9. The van der Waals surface area contributed by atoms with Crippen LogP contribution in [0.4, 0.5) is 4.79 Å². The highest BCUT2D eigenvalue weighted by Gasteiger charge is 2.03. The molecule has 0 radical (unpaired) electrons. The molecule has 0 amide bonds. The van der Waals surface area contributed by atoms with Crippen LogP contribution in [-0.2, 0) is 0 Å². The highest BCUT2D eigenvalue weighted by atomic mass is 16.6. The Morgan fingerprint density at radius 2 is 1.17 bits per heavy atom. The summed E-state index contributed by atoms with van der Waals surface area (Å²) in [5.41, 5.74) is 6.36. The van der Waals surface area contributed by atoms with Gasteiger partial charge in [-0.25, -0.2) is 4.79 Å². The van der Waals surface area contributed by atoms with E-state index in [-0.39, 0.29) is 0 Å². The molecular weight excluding hydrogens is 288 g/mol. The molecule has 2 rings (SSSR count). The molecule has 0 atom stereocenters. The lowest BCUT2D eigenvalue weighted by atomic mass is 9.96. The maximum Gasteiger partial charge on any atom is 0.503 e. The number of carboxylic acid groups (broad SMARTS) is 2. The Morgan fingerprint density at radius 3 is 1.48 bits per heavy atom. The van der Waals surface area contributed by atoms with Crippen molar-refractivity contribution in [3.05, 3.63) is 89.0 Å². The van der Waals surface area contributed by atoms with Crippen LogP contribution >= 0.6 is 0 Å². The zero-order valence-corrected chi connectivity index (χ0v) is 13.7. The van der Waals surface area contributed by atoms with Gasteiger partial charge in [0.05, 0.1) is 0 Å². The summed E-state index contributed by atoms with van der Waals surface area (Å²) in [5.74, 6) is 0. The summed E-state index contributed by atoms with van der Waals surface area (Å²) in [6.45, 7) is 6.27. The topological polar surface area (TPSA) is 57.5 Å². The Hall–Kier alpha value is -2.81. The number of aryl methyl sites for hydroxylation is 2. The van der Waals surface area contributed by atoms with Gasteiger partial charge < -0.3 is 10.2 Å². The van der Waals surface area contributed by atoms with E-state index in [0.29, 0.717) is 0 Å². The minimum Gasteiger partial charge on any atom is -0.450 e. The molecule has 120 valence electrons. The fourth-order valence-corrected chi connectivity index (χ4v) is 2.02. The fourth-order valence-electron chi connectivity index (χ4n) is 2.02. The molecule has 0 saturated carbocycles. The van der Waals surface area contributed by atoms with Gasteiger partial charge in [-0.05, 0) is 37.5 Å². The molecule has 2 aromatic carbocycles. The van der Waals surface area contributed by atoms with Crippen molar-refractivity contribution in [3.63, 3.8) is 0 Å². The number of rotatable bonds is 3. The third-order valence-electron chi connectivity index (χ3n) is 3.18. The summed E-state index contributed by atoms with van der Waals surface area (Å²) in [6.07, 6.45) is 4.49. The van der Waals surface area contributed by atoms with E-state index in [1.54, 1.807) is 0 Å². The fraction of sp³-hybridized carbons (Fsp3) is 0.150. The molecule has 0 fully saturated rings. The first-order valence-corrected chi connectivity index (χ1v) is 7.33. The van der Waals surface area contributed by atoms with Crippen molar-refractivity contribution in [2.24, 2.45) is 0 Å². The van der Waals surface area contributed by atoms with E-state index in [4.69, 9.17) is 15.0 Å². The van der Waals surface area contributed by atoms with Gasteiger partial charge in [-0.2, -0.15) is 0 Å². The van der Waals surface area contributed by atoms with Gasteiger partial charge in [0.15, 0.2) is 0 Å². The van der Waals surface area contributed by atoms with Crippen LogP contribution in [-0.4, -0.2) is 16.4 Å². The van der Waals surface area contributed by atoms with Crippen LogP contribution < -0.4 is 0 Å². The lowest BCUT2D eigenvalue weighted by molar-refractivity contribution is 0.137. The molecule has 0 aliphatic carbocycles. The predicted octanol–water partition coefficient (Wildman–Crippen LogP) is 5.53. The van der Waals surface area contributed by atoms with E-state index in [2.05, 4.69) is 80.6 Å². The van der Waals surface area contributed by atoms with Gasteiger partial charge in [0.25, 0.3) is 0 Å². The summed E-state index contributed by atoms with van der Waals surface area (Å²) < 4.78 is 0. The van der Waals surface area contributed by atoms with Crippen LogP contribution in [0.15, 0.2) is 66.8 Å². The third-order valence-corrected chi connectivity index (χ3v) is 3.18. The largest absolute Gasteiger partial charge is 0.503 e. The summed E-state index contributed by atoms with van der Waals surface area (Å²) >= 11 is 0. The quantitative estimate of drug-likeness (QED) is 0.732. The van der Waals surface area contributed by atoms with E-state index in [1.807, 2.05) is 6.92 Å². The molecule has 0 saturated heterocycles. The normalized spacial score (nSPS) is 9.87. The smallest absolute Gasteiger partial charge is 0.450 e. The molecule has 0 spiro atoms. The Bertz CT molecular complexity index is 626. The molecule has 0 aromatic heterocycles. The summed E-state index contributed by atoms with van der Waals surface area (Å²) in [6, 6.07) is 17.4. The molecule has 0 bridgehead atoms. The van der Waals surface area contributed by atoms with Crippen molar-refractivity contribution < 1.29 is 15.0 Å². The Labute approximate surface area is 137 Å². The van der Waals surface area contributed by atoms with Gasteiger partial charge in [0.1, 0.15) is 0 Å². The molecule has 0 aliphatic heterocycles. The van der Waals surface area contributed by atoms with Crippen LogP contribution in [0.3, 0.4) is 0 Å². The number of hydrogen-bond donors (Lipinski definition) is 2. The number of benzene rings is 2. The third kappa shape index (κ3) is 6.66.